The highest BCUT2D eigenvalue weighted by Gasteiger charge is 2.15. The second kappa shape index (κ2) is 9.02. The Morgan fingerprint density at radius 2 is 1.83 bits per heavy atom. The highest BCUT2D eigenvalue weighted by molar-refractivity contribution is 9.11. The first kappa shape index (κ1) is 19.4. The number of amides is 1. The molecule has 0 fully saturated rings. The molecule has 0 spiro atoms. The summed E-state index contributed by atoms with van der Waals surface area (Å²) in [6.07, 6.45) is 0. The quantitative estimate of drug-likeness (QED) is 0.408. The number of ether oxygens (including phenoxy) is 1. The van der Waals surface area contributed by atoms with Crippen LogP contribution in [0.5, 0.6) is 5.75 Å². The van der Waals surface area contributed by atoms with Crippen LogP contribution in [0.15, 0.2) is 74.9 Å². The number of carbonyl (C=O) groups excluding carboxylic acids is 1. The molecule has 0 atom stereocenters. The SMILES string of the molecule is O=C(NCc1ccccc1)c1ccccc1OCc1nnc(-c2ccc(Br)s2)o1. The lowest BCUT2D eigenvalue weighted by Crippen LogP contribution is -2.23. The maximum absolute atomic E-state index is 12.6. The van der Waals surface area contributed by atoms with Gasteiger partial charge in [0.15, 0.2) is 6.61 Å². The van der Waals surface area contributed by atoms with Gasteiger partial charge < -0.3 is 14.5 Å². The molecule has 0 unspecified atom stereocenters. The van der Waals surface area contributed by atoms with E-state index < -0.39 is 0 Å². The van der Waals surface area contributed by atoms with E-state index in [1.165, 1.54) is 11.3 Å². The minimum absolute atomic E-state index is 0.0719. The lowest BCUT2D eigenvalue weighted by atomic mass is 10.1. The van der Waals surface area contributed by atoms with Crippen molar-refractivity contribution in [3.05, 3.63) is 87.5 Å². The van der Waals surface area contributed by atoms with Gasteiger partial charge in [-0.15, -0.1) is 21.5 Å². The molecule has 4 rings (SSSR count). The molecule has 0 saturated carbocycles. The smallest absolute Gasteiger partial charge is 0.257 e. The van der Waals surface area contributed by atoms with E-state index in [1.807, 2.05) is 48.5 Å². The molecule has 8 heteroatoms. The number of nitrogens with zero attached hydrogens (tertiary/aromatic N) is 2. The number of halogens is 1. The van der Waals surface area contributed by atoms with Crippen LogP contribution in [0.1, 0.15) is 21.8 Å². The number of carbonyl (C=O) groups is 1. The topological polar surface area (TPSA) is 77.2 Å². The van der Waals surface area contributed by atoms with Crippen LogP contribution in [0.3, 0.4) is 0 Å². The fraction of sp³-hybridized carbons (Fsp3) is 0.0952. The maximum Gasteiger partial charge on any atom is 0.257 e. The Morgan fingerprint density at radius 1 is 1.03 bits per heavy atom. The van der Waals surface area contributed by atoms with Crippen molar-refractivity contribution in [1.29, 1.82) is 0 Å². The number of aromatic nitrogens is 2. The summed E-state index contributed by atoms with van der Waals surface area (Å²) in [5.74, 6) is 1.02. The fourth-order valence-electron chi connectivity index (χ4n) is 2.63. The lowest BCUT2D eigenvalue weighted by Gasteiger charge is -2.10. The number of nitrogens with one attached hydrogen (secondary N) is 1. The van der Waals surface area contributed by atoms with Crippen molar-refractivity contribution in [2.45, 2.75) is 13.2 Å². The highest BCUT2D eigenvalue weighted by atomic mass is 79.9. The third-order valence-electron chi connectivity index (χ3n) is 4.03. The predicted octanol–water partition coefficient (Wildman–Crippen LogP) is 5.07. The minimum atomic E-state index is -0.209. The number of para-hydroxylation sites is 1. The molecule has 0 aliphatic heterocycles. The van der Waals surface area contributed by atoms with Crippen LogP contribution in [-0.2, 0) is 13.2 Å². The average Bonchev–Trinajstić information content (AvgIpc) is 3.40. The van der Waals surface area contributed by atoms with E-state index in [1.54, 1.807) is 18.2 Å². The van der Waals surface area contributed by atoms with Crippen molar-refractivity contribution in [2.75, 3.05) is 0 Å². The van der Waals surface area contributed by atoms with Crippen molar-refractivity contribution in [3.63, 3.8) is 0 Å². The summed E-state index contributed by atoms with van der Waals surface area (Å²) >= 11 is 4.92. The molecule has 6 nitrogen and oxygen atoms in total. The number of hydrogen-bond donors (Lipinski definition) is 1. The first-order valence-corrected chi connectivity index (χ1v) is 10.4. The van der Waals surface area contributed by atoms with Crippen LogP contribution in [0.4, 0.5) is 0 Å². The average molecular weight is 470 g/mol. The van der Waals surface area contributed by atoms with Crippen LogP contribution in [-0.4, -0.2) is 16.1 Å². The van der Waals surface area contributed by atoms with Gasteiger partial charge in [-0.3, -0.25) is 4.79 Å². The van der Waals surface area contributed by atoms with E-state index in [9.17, 15) is 4.79 Å². The Morgan fingerprint density at radius 3 is 2.62 bits per heavy atom. The molecule has 4 aromatic rings. The predicted molar refractivity (Wildman–Crippen MR) is 114 cm³/mol. The summed E-state index contributed by atoms with van der Waals surface area (Å²) in [5.41, 5.74) is 1.48. The lowest BCUT2D eigenvalue weighted by molar-refractivity contribution is 0.0945. The van der Waals surface area contributed by atoms with Crippen LogP contribution >= 0.6 is 27.3 Å². The molecule has 29 heavy (non-hydrogen) atoms. The third kappa shape index (κ3) is 4.90. The first-order chi connectivity index (χ1) is 14.2. The summed E-state index contributed by atoms with van der Waals surface area (Å²) < 4.78 is 12.4. The summed E-state index contributed by atoms with van der Waals surface area (Å²) in [6.45, 7) is 0.514. The van der Waals surface area contributed by atoms with E-state index in [0.717, 1.165) is 14.2 Å². The molecule has 2 aromatic heterocycles. The third-order valence-corrected chi connectivity index (χ3v) is 5.64. The van der Waals surface area contributed by atoms with Crippen molar-refractivity contribution < 1.29 is 13.9 Å². The Labute approximate surface area is 179 Å². The molecule has 0 aliphatic rings. The molecule has 0 radical (unpaired) electrons. The second-order valence-corrected chi connectivity index (χ2v) is 8.52. The van der Waals surface area contributed by atoms with Crippen molar-refractivity contribution in [2.24, 2.45) is 0 Å². The van der Waals surface area contributed by atoms with Gasteiger partial charge in [-0.05, 0) is 45.8 Å². The van der Waals surface area contributed by atoms with Gasteiger partial charge in [-0.2, -0.15) is 0 Å². The molecular weight excluding hydrogens is 454 g/mol. The molecule has 2 heterocycles. The van der Waals surface area contributed by atoms with Crippen LogP contribution < -0.4 is 10.1 Å². The van der Waals surface area contributed by atoms with E-state index in [-0.39, 0.29) is 12.5 Å². The number of thiophene rings is 1. The molecular formula is C21H16BrN3O3S. The maximum atomic E-state index is 12.6. The molecule has 2 aromatic carbocycles. The van der Waals surface area contributed by atoms with Crippen molar-refractivity contribution >= 4 is 33.2 Å². The fourth-order valence-corrected chi connectivity index (χ4v) is 3.94. The van der Waals surface area contributed by atoms with Gasteiger partial charge in [-0.25, -0.2) is 0 Å². The standard InChI is InChI=1S/C21H16BrN3O3S/c22-18-11-10-17(29-18)21-25-24-19(28-21)13-27-16-9-5-4-8-15(16)20(26)23-12-14-6-2-1-3-7-14/h1-11H,12-13H2,(H,23,26). The molecule has 1 amide bonds. The van der Waals surface area contributed by atoms with Gasteiger partial charge in [0.2, 0.25) is 0 Å². The van der Waals surface area contributed by atoms with Gasteiger partial charge >= 0.3 is 0 Å². The second-order valence-electron chi connectivity index (χ2n) is 6.06. The summed E-state index contributed by atoms with van der Waals surface area (Å²) in [6, 6.07) is 20.6. The van der Waals surface area contributed by atoms with Gasteiger partial charge in [0.05, 0.1) is 14.2 Å². The Bertz CT molecular complexity index is 1110. The zero-order valence-electron chi connectivity index (χ0n) is 15.2. The summed E-state index contributed by atoms with van der Waals surface area (Å²) in [4.78, 5) is 13.5. The Hall–Kier alpha value is -2.97. The summed E-state index contributed by atoms with van der Waals surface area (Å²) in [7, 11) is 0. The largest absolute Gasteiger partial charge is 0.483 e. The molecule has 146 valence electrons. The van der Waals surface area contributed by atoms with Gasteiger partial charge in [0.25, 0.3) is 17.7 Å². The van der Waals surface area contributed by atoms with E-state index in [4.69, 9.17) is 9.15 Å². The zero-order chi connectivity index (χ0) is 20.1. The molecule has 0 saturated heterocycles. The first-order valence-electron chi connectivity index (χ1n) is 8.81. The Balaban J connectivity index is 1.41. The van der Waals surface area contributed by atoms with Gasteiger partial charge in [0, 0.05) is 6.54 Å². The van der Waals surface area contributed by atoms with Crippen LogP contribution in [0.2, 0.25) is 0 Å². The van der Waals surface area contributed by atoms with Crippen molar-refractivity contribution in [1.82, 2.24) is 15.5 Å². The number of hydrogen-bond acceptors (Lipinski definition) is 6. The van der Waals surface area contributed by atoms with E-state index in [2.05, 4.69) is 31.4 Å². The van der Waals surface area contributed by atoms with Gasteiger partial charge in [0.1, 0.15) is 5.75 Å². The van der Waals surface area contributed by atoms with Crippen LogP contribution in [0, 0.1) is 0 Å². The minimum Gasteiger partial charge on any atom is -0.483 e. The highest BCUT2D eigenvalue weighted by Crippen LogP contribution is 2.30. The monoisotopic (exact) mass is 469 g/mol. The van der Waals surface area contributed by atoms with E-state index >= 15 is 0 Å². The van der Waals surface area contributed by atoms with Gasteiger partial charge in [-0.1, -0.05) is 42.5 Å². The zero-order valence-corrected chi connectivity index (χ0v) is 17.6. The molecule has 0 aliphatic carbocycles. The van der Waals surface area contributed by atoms with E-state index in [0.29, 0.717) is 29.6 Å². The number of rotatable bonds is 7. The number of benzene rings is 2. The normalized spacial score (nSPS) is 10.7. The molecule has 1 N–H and O–H groups in total. The Kier molecular flexibility index (Phi) is 6.02. The van der Waals surface area contributed by atoms with Crippen LogP contribution in [0.25, 0.3) is 10.8 Å². The van der Waals surface area contributed by atoms with Crippen molar-refractivity contribution in [3.8, 4) is 16.5 Å². The summed E-state index contributed by atoms with van der Waals surface area (Å²) in [5, 5.41) is 11.0. The molecule has 0 bridgehead atoms.